The van der Waals surface area contributed by atoms with Crippen LogP contribution in [0.1, 0.15) is 24.1 Å². The van der Waals surface area contributed by atoms with E-state index in [1.807, 2.05) is 31.2 Å². The van der Waals surface area contributed by atoms with Gasteiger partial charge in [-0.15, -0.1) is 0 Å². The summed E-state index contributed by atoms with van der Waals surface area (Å²) in [6, 6.07) is 6.99. The second-order valence-corrected chi connectivity index (χ2v) is 5.87. The Bertz CT molecular complexity index is 649. The van der Waals surface area contributed by atoms with Crippen molar-refractivity contribution in [3.05, 3.63) is 46.7 Å². The minimum Gasteiger partial charge on any atom is -0.392 e. The van der Waals surface area contributed by atoms with Crippen LogP contribution in [0, 0.1) is 6.92 Å². The molecule has 0 aromatic heterocycles. The van der Waals surface area contributed by atoms with Gasteiger partial charge in [0.25, 0.3) is 5.91 Å². The lowest BCUT2D eigenvalue weighted by molar-refractivity contribution is -0.126. The number of urea groups is 1. The highest BCUT2D eigenvalue weighted by molar-refractivity contribution is 6.01. The van der Waals surface area contributed by atoms with E-state index >= 15 is 0 Å². The molecule has 2 atom stereocenters. The van der Waals surface area contributed by atoms with Crippen molar-refractivity contribution in [2.75, 3.05) is 13.1 Å². The number of carbonyl (C=O) groups is 2. The van der Waals surface area contributed by atoms with Crippen LogP contribution >= 0.6 is 0 Å². The number of aryl methyl sites for hydroxylation is 1. The summed E-state index contributed by atoms with van der Waals surface area (Å²) in [5.41, 5.74) is 3.18. The van der Waals surface area contributed by atoms with Crippen LogP contribution in [0.4, 0.5) is 4.79 Å². The molecule has 0 unspecified atom stereocenters. The Morgan fingerprint density at radius 3 is 2.64 bits per heavy atom. The monoisotopic (exact) mass is 301 g/mol. The highest BCUT2D eigenvalue weighted by atomic mass is 16.3. The van der Waals surface area contributed by atoms with Crippen LogP contribution in [0.25, 0.3) is 0 Å². The van der Waals surface area contributed by atoms with Crippen molar-refractivity contribution < 1.29 is 14.7 Å². The Hall–Kier alpha value is -2.34. The fourth-order valence-corrected chi connectivity index (χ4v) is 2.90. The molecular formula is C16H19N3O3. The lowest BCUT2D eigenvalue weighted by Gasteiger charge is -2.25. The quantitative estimate of drug-likeness (QED) is 0.773. The van der Waals surface area contributed by atoms with Gasteiger partial charge >= 0.3 is 6.03 Å². The zero-order valence-electron chi connectivity index (χ0n) is 12.6. The Morgan fingerprint density at radius 2 is 2.00 bits per heavy atom. The largest absolute Gasteiger partial charge is 0.392 e. The fourth-order valence-electron chi connectivity index (χ4n) is 2.90. The predicted octanol–water partition coefficient (Wildman–Crippen LogP) is 0.826. The van der Waals surface area contributed by atoms with E-state index < -0.39 is 12.1 Å². The maximum Gasteiger partial charge on any atom is 0.319 e. The highest BCUT2D eigenvalue weighted by Gasteiger charge is 2.40. The number of hydrogen-bond acceptors (Lipinski definition) is 3. The summed E-state index contributed by atoms with van der Waals surface area (Å²) in [5, 5.41) is 15.0. The molecule has 0 saturated heterocycles. The van der Waals surface area contributed by atoms with Crippen LogP contribution in [-0.2, 0) is 4.79 Å². The van der Waals surface area contributed by atoms with E-state index in [4.69, 9.17) is 0 Å². The Morgan fingerprint density at radius 1 is 1.32 bits per heavy atom. The van der Waals surface area contributed by atoms with Gasteiger partial charge in [-0.1, -0.05) is 29.8 Å². The number of nitrogens with zero attached hydrogens (tertiary/aromatic N) is 1. The van der Waals surface area contributed by atoms with Crippen molar-refractivity contribution in [2.24, 2.45) is 0 Å². The maximum absolute atomic E-state index is 12.6. The van der Waals surface area contributed by atoms with E-state index in [2.05, 4.69) is 10.6 Å². The van der Waals surface area contributed by atoms with E-state index in [0.29, 0.717) is 17.8 Å². The number of carbonyl (C=O) groups excluding carboxylic acids is 2. The highest BCUT2D eigenvalue weighted by Crippen LogP contribution is 2.32. The van der Waals surface area contributed by atoms with Gasteiger partial charge in [-0.3, -0.25) is 4.79 Å². The molecule has 0 aliphatic carbocycles. The van der Waals surface area contributed by atoms with Gasteiger partial charge in [-0.2, -0.15) is 0 Å². The number of amides is 3. The normalized spacial score (nSPS) is 22.3. The van der Waals surface area contributed by atoms with Crippen LogP contribution in [0.15, 0.2) is 35.5 Å². The van der Waals surface area contributed by atoms with E-state index in [1.54, 1.807) is 11.8 Å². The van der Waals surface area contributed by atoms with Gasteiger partial charge < -0.3 is 20.6 Å². The van der Waals surface area contributed by atoms with Crippen molar-refractivity contribution in [3.8, 4) is 0 Å². The SMILES string of the molecule is Cc1ccc([C@H]2NC(=O)NC3=C2C(=O)N(C[C@@H](C)O)C3)cc1. The Labute approximate surface area is 128 Å². The molecule has 6 nitrogen and oxygen atoms in total. The lowest BCUT2D eigenvalue weighted by Crippen LogP contribution is -2.44. The van der Waals surface area contributed by atoms with Gasteiger partial charge in [0.2, 0.25) is 0 Å². The van der Waals surface area contributed by atoms with Crippen LogP contribution in [0.3, 0.4) is 0 Å². The van der Waals surface area contributed by atoms with Crippen molar-refractivity contribution >= 4 is 11.9 Å². The molecule has 3 rings (SSSR count). The summed E-state index contributed by atoms with van der Waals surface area (Å²) >= 11 is 0. The smallest absolute Gasteiger partial charge is 0.319 e. The lowest BCUT2D eigenvalue weighted by atomic mass is 9.95. The summed E-state index contributed by atoms with van der Waals surface area (Å²) in [5.74, 6) is -0.144. The minimum absolute atomic E-state index is 0.144. The average molecular weight is 301 g/mol. The number of aliphatic hydroxyl groups is 1. The Kier molecular flexibility index (Phi) is 3.62. The molecule has 1 aromatic rings. The molecule has 3 N–H and O–H groups in total. The maximum atomic E-state index is 12.6. The first kappa shape index (κ1) is 14.6. The summed E-state index contributed by atoms with van der Waals surface area (Å²) in [4.78, 5) is 26.0. The predicted molar refractivity (Wildman–Crippen MR) is 80.9 cm³/mol. The summed E-state index contributed by atoms with van der Waals surface area (Å²) < 4.78 is 0. The average Bonchev–Trinajstić information content (AvgIpc) is 2.74. The molecule has 1 aromatic carbocycles. The summed E-state index contributed by atoms with van der Waals surface area (Å²) in [6.45, 7) is 4.20. The molecule has 0 bridgehead atoms. The van der Waals surface area contributed by atoms with Gasteiger partial charge in [0.15, 0.2) is 0 Å². The summed E-state index contributed by atoms with van der Waals surface area (Å²) in [7, 11) is 0. The van der Waals surface area contributed by atoms with E-state index in [1.165, 1.54) is 0 Å². The number of rotatable bonds is 3. The van der Waals surface area contributed by atoms with Crippen molar-refractivity contribution in [1.29, 1.82) is 0 Å². The van der Waals surface area contributed by atoms with Crippen LogP contribution in [0.2, 0.25) is 0 Å². The number of nitrogens with one attached hydrogen (secondary N) is 2. The first-order chi connectivity index (χ1) is 10.5. The topological polar surface area (TPSA) is 81.7 Å². The second-order valence-electron chi connectivity index (χ2n) is 5.87. The molecule has 0 radical (unpaired) electrons. The van der Waals surface area contributed by atoms with Crippen molar-refractivity contribution in [2.45, 2.75) is 26.0 Å². The second kappa shape index (κ2) is 5.46. The van der Waals surface area contributed by atoms with Gasteiger partial charge in [0.05, 0.1) is 30.0 Å². The van der Waals surface area contributed by atoms with E-state index in [0.717, 1.165) is 11.1 Å². The first-order valence-electron chi connectivity index (χ1n) is 7.30. The molecule has 2 aliphatic heterocycles. The summed E-state index contributed by atoms with van der Waals surface area (Å²) in [6.07, 6.45) is -0.605. The van der Waals surface area contributed by atoms with Crippen molar-refractivity contribution in [3.63, 3.8) is 0 Å². The van der Waals surface area contributed by atoms with Gasteiger partial charge in [-0.25, -0.2) is 4.79 Å². The van der Waals surface area contributed by atoms with Gasteiger partial charge in [0, 0.05) is 6.54 Å². The number of aliphatic hydroxyl groups excluding tert-OH is 1. The molecule has 0 saturated carbocycles. The Balaban J connectivity index is 1.94. The third-order valence-electron chi connectivity index (χ3n) is 3.92. The van der Waals surface area contributed by atoms with Gasteiger partial charge in [-0.05, 0) is 19.4 Å². The number of β-amino-alcohol motifs (C(OH)–C–C–N with tert-alkyl or cyclic N) is 1. The molecule has 2 heterocycles. The van der Waals surface area contributed by atoms with Crippen molar-refractivity contribution in [1.82, 2.24) is 15.5 Å². The van der Waals surface area contributed by atoms with E-state index in [9.17, 15) is 14.7 Å². The third kappa shape index (κ3) is 2.57. The van der Waals surface area contributed by atoms with Crippen LogP contribution < -0.4 is 10.6 Å². The zero-order chi connectivity index (χ0) is 15.9. The molecule has 0 spiro atoms. The standard InChI is InChI=1S/C16H19N3O3/c1-9-3-5-11(6-4-9)14-13-12(17-16(22)18-14)8-19(15(13)21)7-10(2)20/h3-6,10,14,20H,7-8H2,1-2H3,(H2,17,18,22)/t10-,14-/m1/s1. The van der Waals surface area contributed by atoms with Crippen LogP contribution in [-0.4, -0.2) is 41.1 Å². The zero-order valence-corrected chi connectivity index (χ0v) is 12.6. The molecule has 116 valence electrons. The third-order valence-corrected chi connectivity index (χ3v) is 3.92. The minimum atomic E-state index is -0.605. The molecule has 3 amide bonds. The van der Waals surface area contributed by atoms with Crippen LogP contribution in [0.5, 0.6) is 0 Å². The van der Waals surface area contributed by atoms with Gasteiger partial charge in [0.1, 0.15) is 0 Å². The molecule has 22 heavy (non-hydrogen) atoms. The number of hydrogen-bond donors (Lipinski definition) is 3. The number of benzene rings is 1. The molecule has 2 aliphatic rings. The molecular weight excluding hydrogens is 282 g/mol. The fraction of sp³-hybridized carbons (Fsp3) is 0.375. The van der Waals surface area contributed by atoms with E-state index in [-0.39, 0.29) is 18.5 Å². The first-order valence-corrected chi connectivity index (χ1v) is 7.30. The molecule has 0 fully saturated rings. The molecule has 6 heteroatoms.